The molecule has 0 heterocycles. The molecule has 1 rings (SSSR count). The van der Waals surface area contributed by atoms with Gasteiger partial charge in [0.15, 0.2) is 0 Å². The van der Waals surface area contributed by atoms with Crippen molar-refractivity contribution in [3.8, 4) is 0 Å². The van der Waals surface area contributed by atoms with E-state index in [1.54, 1.807) is 0 Å². The molecule has 0 aliphatic heterocycles. The molecule has 0 aromatic rings. The average Bonchev–Trinajstić information content (AvgIpc) is 2.15. The fourth-order valence-electron chi connectivity index (χ4n) is 1.96. The maximum atomic E-state index is 5.86. The van der Waals surface area contributed by atoms with Gasteiger partial charge in [-0.15, -0.1) is 0 Å². The van der Waals surface area contributed by atoms with Crippen molar-refractivity contribution in [1.29, 1.82) is 0 Å². The van der Waals surface area contributed by atoms with Crippen molar-refractivity contribution < 1.29 is 0 Å². The highest BCUT2D eigenvalue weighted by molar-refractivity contribution is 4.85. The normalized spacial score (nSPS) is 30.2. The summed E-state index contributed by atoms with van der Waals surface area (Å²) in [5, 5.41) is 0. The third-order valence-electron chi connectivity index (χ3n) is 2.99. The molecule has 0 aromatic carbocycles. The second kappa shape index (κ2) is 5.40. The first-order valence-electron chi connectivity index (χ1n) is 5.31. The van der Waals surface area contributed by atoms with Gasteiger partial charge in [-0.25, -0.2) is 0 Å². The number of nitrogens with zero attached hydrogens (tertiary/aromatic N) is 1. The monoisotopic (exact) mass is 182 g/mol. The van der Waals surface area contributed by atoms with Crippen LogP contribution in [0.25, 0.3) is 0 Å². The number of hydrogen-bond acceptors (Lipinski definition) is 2. The van der Waals surface area contributed by atoms with Crippen LogP contribution in [-0.4, -0.2) is 30.6 Å². The average molecular weight is 182 g/mol. The Morgan fingerprint density at radius 3 is 2.46 bits per heavy atom. The molecule has 0 aromatic heterocycles. The van der Waals surface area contributed by atoms with Gasteiger partial charge >= 0.3 is 0 Å². The van der Waals surface area contributed by atoms with Crippen LogP contribution in [0.1, 0.15) is 32.6 Å². The van der Waals surface area contributed by atoms with Gasteiger partial charge in [0.1, 0.15) is 0 Å². The fourth-order valence-corrected chi connectivity index (χ4v) is 1.96. The number of hydrogen-bond donors (Lipinski definition) is 1. The van der Waals surface area contributed by atoms with Gasteiger partial charge in [-0.1, -0.05) is 12.2 Å². The van der Waals surface area contributed by atoms with Gasteiger partial charge in [-0.3, -0.25) is 4.90 Å². The molecule has 0 saturated heterocycles. The van der Waals surface area contributed by atoms with Gasteiger partial charge in [0.2, 0.25) is 0 Å². The third-order valence-corrected chi connectivity index (χ3v) is 2.99. The standard InChI is InChI=1S/C11H22N2/c1-3-4-9-13(2)11-7-5-10(12)6-8-11/h3-4,10-11H,5-9,12H2,1-2H3. The maximum Gasteiger partial charge on any atom is 0.0162 e. The molecule has 1 saturated carbocycles. The number of rotatable bonds is 3. The Morgan fingerprint density at radius 2 is 1.92 bits per heavy atom. The quantitative estimate of drug-likeness (QED) is 0.674. The molecule has 2 nitrogen and oxygen atoms in total. The highest BCUT2D eigenvalue weighted by Crippen LogP contribution is 2.20. The lowest BCUT2D eigenvalue weighted by Gasteiger charge is -2.32. The number of nitrogens with two attached hydrogens (primary N) is 1. The first-order valence-corrected chi connectivity index (χ1v) is 5.31. The van der Waals surface area contributed by atoms with E-state index in [-0.39, 0.29) is 0 Å². The van der Waals surface area contributed by atoms with Crippen molar-refractivity contribution in [1.82, 2.24) is 4.90 Å². The fraction of sp³-hybridized carbons (Fsp3) is 0.818. The lowest BCUT2D eigenvalue weighted by Crippen LogP contribution is -2.38. The van der Waals surface area contributed by atoms with E-state index in [9.17, 15) is 0 Å². The highest BCUT2D eigenvalue weighted by Gasteiger charge is 2.20. The van der Waals surface area contributed by atoms with Crippen molar-refractivity contribution >= 4 is 0 Å². The van der Waals surface area contributed by atoms with Gasteiger partial charge in [-0.05, 0) is 39.7 Å². The van der Waals surface area contributed by atoms with Crippen LogP contribution in [0.4, 0.5) is 0 Å². The van der Waals surface area contributed by atoms with E-state index >= 15 is 0 Å². The zero-order valence-corrected chi connectivity index (χ0v) is 8.87. The van der Waals surface area contributed by atoms with Crippen LogP contribution in [0.3, 0.4) is 0 Å². The molecule has 0 bridgehead atoms. The van der Waals surface area contributed by atoms with E-state index in [1.807, 2.05) is 0 Å². The Balaban J connectivity index is 2.27. The van der Waals surface area contributed by atoms with Crippen molar-refractivity contribution in [3.05, 3.63) is 12.2 Å². The van der Waals surface area contributed by atoms with Gasteiger partial charge in [0.05, 0.1) is 0 Å². The van der Waals surface area contributed by atoms with Crippen LogP contribution < -0.4 is 5.73 Å². The summed E-state index contributed by atoms with van der Waals surface area (Å²) in [5.74, 6) is 0. The van der Waals surface area contributed by atoms with Crippen molar-refractivity contribution in [2.75, 3.05) is 13.6 Å². The molecule has 0 unspecified atom stereocenters. The van der Waals surface area contributed by atoms with Gasteiger partial charge < -0.3 is 5.73 Å². The predicted molar refractivity (Wildman–Crippen MR) is 57.7 cm³/mol. The molecule has 2 heteroatoms. The zero-order valence-electron chi connectivity index (χ0n) is 8.87. The molecule has 0 radical (unpaired) electrons. The Bertz CT molecular complexity index is 157. The zero-order chi connectivity index (χ0) is 9.68. The summed E-state index contributed by atoms with van der Waals surface area (Å²) in [6, 6.07) is 1.22. The van der Waals surface area contributed by atoms with Crippen molar-refractivity contribution in [2.45, 2.75) is 44.7 Å². The van der Waals surface area contributed by atoms with E-state index in [0.29, 0.717) is 6.04 Å². The van der Waals surface area contributed by atoms with E-state index in [4.69, 9.17) is 5.73 Å². The first-order chi connectivity index (χ1) is 6.24. The molecule has 0 atom stereocenters. The van der Waals surface area contributed by atoms with Gasteiger partial charge in [0.25, 0.3) is 0 Å². The first kappa shape index (κ1) is 10.7. The summed E-state index contributed by atoms with van der Waals surface area (Å²) in [7, 11) is 2.21. The van der Waals surface area contributed by atoms with Crippen LogP contribution in [0, 0.1) is 0 Å². The minimum absolute atomic E-state index is 0.464. The molecule has 1 fully saturated rings. The van der Waals surface area contributed by atoms with Gasteiger partial charge in [-0.2, -0.15) is 0 Å². The summed E-state index contributed by atoms with van der Waals surface area (Å²) < 4.78 is 0. The third kappa shape index (κ3) is 3.49. The van der Waals surface area contributed by atoms with E-state index in [2.05, 4.69) is 31.0 Å². The largest absolute Gasteiger partial charge is 0.328 e. The predicted octanol–water partition coefficient (Wildman–Crippen LogP) is 1.76. The summed E-state index contributed by atoms with van der Waals surface area (Å²) >= 11 is 0. The van der Waals surface area contributed by atoms with Crippen LogP contribution >= 0.6 is 0 Å². The van der Waals surface area contributed by atoms with Gasteiger partial charge in [0, 0.05) is 18.6 Å². The number of allylic oxidation sites excluding steroid dienone is 1. The summed E-state index contributed by atoms with van der Waals surface area (Å²) in [4.78, 5) is 2.44. The second-order valence-electron chi connectivity index (χ2n) is 4.08. The molecule has 76 valence electrons. The van der Waals surface area contributed by atoms with Crippen LogP contribution in [0.15, 0.2) is 12.2 Å². The molecule has 2 N–H and O–H groups in total. The van der Waals surface area contributed by atoms with E-state index in [0.717, 1.165) is 12.6 Å². The Kier molecular flexibility index (Phi) is 4.46. The number of likely N-dealkylation sites (N-methyl/N-ethyl adjacent to an activating group) is 1. The Labute approximate surface area is 81.8 Å². The molecule has 0 amide bonds. The molecular formula is C11H22N2. The van der Waals surface area contributed by atoms with Crippen LogP contribution in [-0.2, 0) is 0 Å². The van der Waals surface area contributed by atoms with Crippen molar-refractivity contribution in [3.63, 3.8) is 0 Å². The van der Waals surface area contributed by atoms with Crippen LogP contribution in [0.5, 0.6) is 0 Å². The Hall–Kier alpha value is -0.340. The lowest BCUT2D eigenvalue weighted by atomic mass is 9.91. The highest BCUT2D eigenvalue weighted by atomic mass is 15.1. The topological polar surface area (TPSA) is 29.3 Å². The molecule has 13 heavy (non-hydrogen) atoms. The summed E-state index contributed by atoms with van der Waals surface area (Å²) in [5.41, 5.74) is 5.86. The van der Waals surface area contributed by atoms with E-state index < -0.39 is 0 Å². The second-order valence-corrected chi connectivity index (χ2v) is 4.08. The maximum absolute atomic E-state index is 5.86. The lowest BCUT2D eigenvalue weighted by molar-refractivity contribution is 0.199. The molecule has 1 aliphatic carbocycles. The summed E-state index contributed by atoms with van der Waals surface area (Å²) in [6.07, 6.45) is 9.28. The minimum Gasteiger partial charge on any atom is -0.328 e. The Morgan fingerprint density at radius 1 is 1.31 bits per heavy atom. The SMILES string of the molecule is CC=CCN(C)C1CCC(N)CC1. The minimum atomic E-state index is 0.464. The van der Waals surface area contributed by atoms with Crippen molar-refractivity contribution in [2.24, 2.45) is 5.73 Å². The molecule has 0 spiro atoms. The smallest absolute Gasteiger partial charge is 0.0162 e. The molecular weight excluding hydrogens is 160 g/mol. The van der Waals surface area contributed by atoms with E-state index in [1.165, 1.54) is 25.7 Å². The summed E-state index contributed by atoms with van der Waals surface area (Å²) in [6.45, 7) is 3.15. The van der Waals surface area contributed by atoms with Crippen LogP contribution in [0.2, 0.25) is 0 Å². The molecule has 1 aliphatic rings.